The van der Waals surface area contributed by atoms with Gasteiger partial charge in [0.2, 0.25) is 5.91 Å². The summed E-state index contributed by atoms with van der Waals surface area (Å²) in [4.78, 5) is 34.2. The summed E-state index contributed by atoms with van der Waals surface area (Å²) in [5.74, 6) is -1.19. The maximum atomic E-state index is 13.5. The van der Waals surface area contributed by atoms with Gasteiger partial charge in [-0.1, -0.05) is 48.0 Å². The predicted molar refractivity (Wildman–Crippen MR) is 122 cm³/mol. The Morgan fingerprint density at radius 2 is 1.73 bits per heavy atom. The largest absolute Gasteiger partial charge is 0.504 e. The number of nitrogens with zero attached hydrogens (tertiary/aromatic N) is 2. The van der Waals surface area contributed by atoms with Crippen molar-refractivity contribution in [3.63, 3.8) is 0 Å². The molecular formula is C25H21ClN2O5. The third kappa shape index (κ3) is 3.69. The number of rotatable bonds is 5. The molecule has 3 atom stereocenters. The SMILES string of the molecule is COc1cc([C@@H]2[C@@H]3C(=O)N(Cc4ccccc4)C(=O)[C@@H]3ON2c2ccc(Cl)cc2)ccc1O. The molecule has 2 saturated heterocycles. The van der Waals surface area contributed by atoms with Gasteiger partial charge in [-0.3, -0.25) is 19.3 Å². The van der Waals surface area contributed by atoms with Crippen molar-refractivity contribution in [2.24, 2.45) is 5.92 Å². The van der Waals surface area contributed by atoms with Crippen LogP contribution < -0.4 is 9.80 Å². The minimum absolute atomic E-state index is 0.0192. The van der Waals surface area contributed by atoms with Crippen molar-refractivity contribution in [3.8, 4) is 11.5 Å². The Balaban J connectivity index is 1.55. The van der Waals surface area contributed by atoms with Crippen LogP contribution in [0.5, 0.6) is 11.5 Å². The van der Waals surface area contributed by atoms with E-state index in [2.05, 4.69) is 0 Å². The zero-order chi connectivity index (χ0) is 23.1. The fraction of sp³-hybridized carbons (Fsp3) is 0.200. The third-order valence-corrected chi connectivity index (χ3v) is 6.27. The van der Waals surface area contributed by atoms with Crippen LogP contribution in [0.2, 0.25) is 5.02 Å². The number of hydroxylamine groups is 1. The lowest BCUT2D eigenvalue weighted by molar-refractivity contribution is -0.143. The Morgan fingerprint density at radius 1 is 1.00 bits per heavy atom. The van der Waals surface area contributed by atoms with E-state index < -0.39 is 18.1 Å². The molecule has 2 aliphatic heterocycles. The Bertz CT molecular complexity index is 1200. The van der Waals surface area contributed by atoms with Gasteiger partial charge in [0.25, 0.3) is 5.91 Å². The van der Waals surface area contributed by atoms with E-state index in [1.54, 1.807) is 41.5 Å². The number of phenolic OH excluding ortho intramolecular Hbond substituents is 1. The topological polar surface area (TPSA) is 79.3 Å². The highest BCUT2D eigenvalue weighted by Crippen LogP contribution is 2.48. The first-order valence-electron chi connectivity index (χ1n) is 10.5. The molecule has 0 unspecified atom stereocenters. The number of likely N-dealkylation sites (tertiary alicyclic amines) is 1. The normalized spacial score (nSPS) is 22.1. The molecule has 2 heterocycles. The van der Waals surface area contributed by atoms with E-state index in [0.717, 1.165) is 5.56 Å². The second kappa shape index (κ2) is 8.42. The molecule has 0 radical (unpaired) electrons. The van der Waals surface area contributed by atoms with Crippen molar-refractivity contribution < 1.29 is 24.3 Å². The maximum absolute atomic E-state index is 13.5. The molecule has 8 heteroatoms. The highest BCUT2D eigenvalue weighted by atomic mass is 35.5. The molecule has 33 heavy (non-hydrogen) atoms. The lowest BCUT2D eigenvalue weighted by Crippen LogP contribution is -2.36. The molecule has 3 aromatic carbocycles. The number of carbonyl (C=O) groups excluding carboxylic acids is 2. The Hall–Kier alpha value is -3.55. The monoisotopic (exact) mass is 464 g/mol. The molecule has 5 rings (SSSR count). The van der Waals surface area contributed by atoms with Crippen molar-refractivity contribution in [3.05, 3.63) is 88.9 Å². The number of benzene rings is 3. The minimum Gasteiger partial charge on any atom is -0.504 e. The molecule has 0 spiro atoms. The van der Waals surface area contributed by atoms with Crippen molar-refractivity contribution in [1.29, 1.82) is 0 Å². The van der Waals surface area contributed by atoms with Gasteiger partial charge in [-0.15, -0.1) is 0 Å². The van der Waals surface area contributed by atoms with Crippen molar-refractivity contribution in [1.82, 2.24) is 4.90 Å². The number of imide groups is 1. The van der Waals surface area contributed by atoms with Crippen molar-refractivity contribution in [2.75, 3.05) is 12.2 Å². The number of phenols is 1. The van der Waals surface area contributed by atoms with Crippen LogP contribution in [0.25, 0.3) is 0 Å². The standard InChI is InChI=1S/C25H21ClN2O5/c1-32-20-13-16(7-12-19(20)29)22-21-23(33-28(22)18-10-8-17(26)9-11-18)25(31)27(24(21)30)14-15-5-3-2-4-6-15/h2-13,21-23,29H,14H2,1H3/t21-,22+,23+/m0/s1. The van der Waals surface area contributed by atoms with Crippen LogP contribution in [0.15, 0.2) is 72.8 Å². The molecule has 0 aromatic heterocycles. The van der Waals surface area contributed by atoms with Gasteiger partial charge in [0.1, 0.15) is 5.92 Å². The number of fused-ring (bicyclic) bond motifs is 1. The summed E-state index contributed by atoms with van der Waals surface area (Å²) in [7, 11) is 1.45. The summed E-state index contributed by atoms with van der Waals surface area (Å²) in [5, 5.41) is 12.2. The van der Waals surface area contributed by atoms with Crippen molar-refractivity contribution >= 4 is 29.1 Å². The average molecular weight is 465 g/mol. The quantitative estimate of drug-likeness (QED) is 0.573. The molecule has 2 aliphatic rings. The number of methoxy groups -OCH3 is 1. The van der Waals surface area contributed by atoms with E-state index in [-0.39, 0.29) is 29.9 Å². The van der Waals surface area contributed by atoms with Crippen LogP contribution >= 0.6 is 11.6 Å². The van der Waals surface area contributed by atoms with Crippen LogP contribution in [-0.2, 0) is 21.0 Å². The number of ether oxygens (including phenoxy) is 1. The second-order valence-corrected chi connectivity index (χ2v) is 8.41. The van der Waals surface area contributed by atoms with Gasteiger partial charge in [0.05, 0.1) is 25.4 Å². The molecule has 0 aliphatic carbocycles. The average Bonchev–Trinajstić information content (AvgIpc) is 3.33. The number of hydrogen-bond donors (Lipinski definition) is 1. The Morgan fingerprint density at radius 3 is 2.42 bits per heavy atom. The summed E-state index contributed by atoms with van der Waals surface area (Å²) in [6.45, 7) is 0.182. The van der Waals surface area contributed by atoms with E-state index in [4.69, 9.17) is 21.2 Å². The molecule has 2 fully saturated rings. The van der Waals surface area contributed by atoms with Gasteiger partial charge < -0.3 is 9.84 Å². The molecule has 7 nitrogen and oxygen atoms in total. The van der Waals surface area contributed by atoms with E-state index in [9.17, 15) is 14.7 Å². The molecule has 0 bridgehead atoms. The van der Waals surface area contributed by atoms with Gasteiger partial charge >= 0.3 is 0 Å². The van der Waals surface area contributed by atoms with Crippen LogP contribution in [-0.4, -0.2) is 35.0 Å². The van der Waals surface area contributed by atoms with Gasteiger partial charge in [0.15, 0.2) is 17.6 Å². The summed E-state index contributed by atoms with van der Waals surface area (Å²) >= 11 is 6.05. The van der Waals surface area contributed by atoms with Crippen LogP contribution in [0.3, 0.4) is 0 Å². The summed E-state index contributed by atoms with van der Waals surface area (Å²) in [6, 6.07) is 20.6. The summed E-state index contributed by atoms with van der Waals surface area (Å²) in [6.07, 6.45) is -0.957. The molecular weight excluding hydrogens is 444 g/mol. The second-order valence-electron chi connectivity index (χ2n) is 7.98. The third-order valence-electron chi connectivity index (χ3n) is 6.02. The van der Waals surface area contributed by atoms with Crippen LogP contribution in [0, 0.1) is 5.92 Å². The zero-order valence-electron chi connectivity index (χ0n) is 17.7. The van der Waals surface area contributed by atoms with Crippen molar-refractivity contribution in [2.45, 2.75) is 18.7 Å². The van der Waals surface area contributed by atoms with Crippen LogP contribution in [0.4, 0.5) is 5.69 Å². The first kappa shape index (κ1) is 21.3. The number of amides is 2. The first-order valence-corrected chi connectivity index (χ1v) is 10.8. The fourth-order valence-corrected chi connectivity index (χ4v) is 4.55. The molecule has 1 N–H and O–H groups in total. The highest BCUT2D eigenvalue weighted by molar-refractivity contribution is 6.30. The number of carbonyl (C=O) groups is 2. The Labute approximate surface area is 195 Å². The first-order chi connectivity index (χ1) is 16.0. The zero-order valence-corrected chi connectivity index (χ0v) is 18.5. The molecule has 3 aromatic rings. The number of aromatic hydroxyl groups is 1. The van der Waals surface area contributed by atoms with E-state index in [1.165, 1.54) is 18.1 Å². The maximum Gasteiger partial charge on any atom is 0.262 e. The smallest absolute Gasteiger partial charge is 0.262 e. The van der Waals surface area contributed by atoms with Gasteiger partial charge in [-0.2, -0.15) is 0 Å². The number of halogens is 1. The van der Waals surface area contributed by atoms with Crippen LogP contribution in [0.1, 0.15) is 17.2 Å². The fourth-order valence-electron chi connectivity index (χ4n) is 4.42. The van der Waals surface area contributed by atoms with E-state index in [1.807, 2.05) is 30.3 Å². The van der Waals surface area contributed by atoms with E-state index in [0.29, 0.717) is 16.3 Å². The predicted octanol–water partition coefficient (Wildman–Crippen LogP) is 4.10. The lowest BCUT2D eigenvalue weighted by atomic mass is 9.90. The van der Waals surface area contributed by atoms with Gasteiger partial charge in [-0.05, 0) is 47.5 Å². The molecule has 0 saturated carbocycles. The summed E-state index contributed by atoms with van der Waals surface area (Å²) < 4.78 is 5.27. The van der Waals surface area contributed by atoms with Gasteiger partial charge in [0, 0.05) is 5.02 Å². The van der Waals surface area contributed by atoms with Gasteiger partial charge in [-0.25, -0.2) is 5.06 Å². The highest BCUT2D eigenvalue weighted by Gasteiger charge is 2.59. The Kier molecular flexibility index (Phi) is 5.44. The summed E-state index contributed by atoms with van der Waals surface area (Å²) in [5.41, 5.74) is 2.19. The molecule has 2 amide bonds. The minimum atomic E-state index is -0.957. The number of anilines is 1. The van der Waals surface area contributed by atoms with E-state index >= 15 is 0 Å². The number of hydrogen-bond acceptors (Lipinski definition) is 6. The molecule has 168 valence electrons. The lowest BCUT2D eigenvalue weighted by Gasteiger charge is -2.29.